The van der Waals surface area contributed by atoms with Gasteiger partial charge in [-0.2, -0.15) is 0 Å². The van der Waals surface area contributed by atoms with Gasteiger partial charge in [0.05, 0.1) is 0 Å². The van der Waals surface area contributed by atoms with E-state index in [0.717, 1.165) is 12.8 Å². The van der Waals surface area contributed by atoms with Crippen LogP contribution in [0.3, 0.4) is 0 Å². The first-order chi connectivity index (χ1) is 6.89. The topological polar surface area (TPSA) is 116 Å². The summed E-state index contributed by atoms with van der Waals surface area (Å²) in [4.78, 5) is 25.5. The summed E-state index contributed by atoms with van der Waals surface area (Å²) in [6, 6.07) is 0. The molecule has 0 aliphatic heterocycles. The van der Waals surface area contributed by atoms with Crippen molar-refractivity contribution in [3.05, 3.63) is 0 Å². The molecule has 0 saturated heterocycles. The highest BCUT2D eigenvalue weighted by Gasteiger charge is 2.41. The van der Waals surface area contributed by atoms with Crippen molar-refractivity contribution in [2.24, 2.45) is 0 Å². The van der Waals surface area contributed by atoms with Crippen LogP contribution >= 0.6 is 16.9 Å². The summed E-state index contributed by atoms with van der Waals surface area (Å²) in [5.41, 5.74) is 0. The zero-order valence-corrected chi connectivity index (χ0v) is 10.0. The molecule has 0 saturated carbocycles. The molecule has 0 fully saturated rings. The van der Waals surface area contributed by atoms with Crippen molar-refractivity contribution in [1.82, 2.24) is 0 Å². The standard InChI is InChI=1S/C6H14O7P2/c1-2-3-4-5-6(7,12-14(8)9)13-15(10)11/h7-9H,2-5H2,1H3/p+1. The molecule has 0 aromatic carbocycles. The first-order valence-corrected chi connectivity index (χ1v) is 6.64. The van der Waals surface area contributed by atoms with E-state index in [-0.39, 0.29) is 6.42 Å². The summed E-state index contributed by atoms with van der Waals surface area (Å²) in [7, 11) is -5.93. The van der Waals surface area contributed by atoms with Gasteiger partial charge in [-0.15, -0.1) is 4.89 Å². The summed E-state index contributed by atoms with van der Waals surface area (Å²) in [6.07, 6.45) is 1.99. The molecule has 4 N–H and O–H groups in total. The van der Waals surface area contributed by atoms with E-state index in [0.29, 0.717) is 6.42 Å². The Labute approximate surface area is 89.6 Å². The van der Waals surface area contributed by atoms with Crippen LogP contribution in [0.5, 0.6) is 0 Å². The quantitative estimate of drug-likeness (QED) is 0.293. The van der Waals surface area contributed by atoms with Crippen LogP contribution in [0.25, 0.3) is 0 Å². The van der Waals surface area contributed by atoms with Crippen LogP contribution < -0.4 is 0 Å². The fraction of sp³-hybridized carbons (Fsp3) is 1.00. The van der Waals surface area contributed by atoms with Crippen molar-refractivity contribution in [1.29, 1.82) is 0 Å². The lowest BCUT2D eigenvalue weighted by atomic mass is 10.2. The molecule has 15 heavy (non-hydrogen) atoms. The molecule has 0 spiro atoms. The smallest absolute Gasteiger partial charge is 0.340 e. The molecule has 0 radical (unpaired) electrons. The summed E-state index contributed by atoms with van der Waals surface area (Å²) >= 11 is 0. The molecule has 0 aromatic rings. The number of hydrogen-bond acceptors (Lipinski definition) is 6. The highest BCUT2D eigenvalue weighted by atomic mass is 31.2. The minimum absolute atomic E-state index is 0.109. The molecule has 0 bridgehead atoms. The van der Waals surface area contributed by atoms with Crippen LogP contribution in [0.4, 0.5) is 0 Å². The third-order valence-electron chi connectivity index (χ3n) is 1.54. The predicted octanol–water partition coefficient (Wildman–Crippen LogP) is 1.11. The second-order valence-corrected chi connectivity index (χ2v) is 4.19. The summed E-state index contributed by atoms with van der Waals surface area (Å²) in [5, 5.41) is 9.49. The van der Waals surface area contributed by atoms with Gasteiger partial charge in [0.2, 0.25) is 0 Å². The zero-order valence-electron chi connectivity index (χ0n) is 8.24. The van der Waals surface area contributed by atoms with E-state index in [9.17, 15) is 9.67 Å². The first-order valence-electron chi connectivity index (χ1n) is 4.34. The molecule has 0 aliphatic carbocycles. The Bertz CT molecular complexity index is 200. The molecule has 0 heterocycles. The number of aliphatic hydroxyl groups is 1. The highest BCUT2D eigenvalue weighted by molar-refractivity contribution is 7.39. The van der Waals surface area contributed by atoms with Crippen molar-refractivity contribution >= 4 is 16.9 Å². The van der Waals surface area contributed by atoms with E-state index in [1.165, 1.54) is 0 Å². The third-order valence-corrected chi connectivity index (χ3v) is 2.43. The van der Waals surface area contributed by atoms with E-state index in [1.807, 2.05) is 6.92 Å². The van der Waals surface area contributed by atoms with Gasteiger partial charge in [0, 0.05) is 11.0 Å². The summed E-state index contributed by atoms with van der Waals surface area (Å²) in [6.45, 7) is 1.93. The van der Waals surface area contributed by atoms with Gasteiger partial charge in [-0.1, -0.05) is 24.3 Å². The van der Waals surface area contributed by atoms with E-state index in [1.54, 1.807) is 0 Å². The Kier molecular flexibility index (Phi) is 7.69. The van der Waals surface area contributed by atoms with Crippen molar-refractivity contribution < 1.29 is 33.4 Å². The van der Waals surface area contributed by atoms with E-state index in [4.69, 9.17) is 14.7 Å². The van der Waals surface area contributed by atoms with Gasteiger partial charge in [-0.25, -0.2) is 0 Å². The van der Waals surface area contributed by atoms with E-state index in [2.05, 4.69) is 9.05 Å². The van der Waals surface area contributed by atoms with Gasteiger partial charge in [0.1, 0.15) is 0 Å². The molecule has 0 aromatic heterocycles. The van der Waals surface area contributed by atoms with Gasteiger partial charge in [-0.05, 0) is 6.42 Å². The molecule has 2 atom stereocenters. The molecule has 2 unspecified atom stereocenters. The molecular weight excluding hydrogens is 246 g/mol. The molecule has 0 aliphatic rings. The van der Waals surface area contributed by atoms with Crippen LogP contribution in [0.2, 0.25) is 0 Å². The maximum atomic E-state index is 10.4. The monoisotopic (exact) mass is 261 g/mol. The minimum Gasteiger partial charge on any atom is -0.340 e. The van der Waals surface area contributed by atoms with E-state index >= 15 is 0 Å². The van der Waals surface area contributed by atoms with Gasteiger partial charge in [-0.3, -0.25) is 4.52 Å². The van der Waals surface area contributed by atoms with Crippen LogP contribution in [-0.4, -0.2) is 25.8 Å². The first kappa shape index (κ1) is 15.3. The lowest BCUT2D eigenvalue weighted by molar-refractivity contribution is -0.279. The fourth-order valence-corrected chi connectivity index (χ4v) is 1.77. The second kappa shape index (κ2) is 7.54. The van der Waals surface area contributed by atoms with Crippen molar-refractivity contribution in [2.45, 2.75) is 38.6 Å². The Hall–Kier alpha value is 0.290. The average Bonchev–Trinajstić information content (AvgIpc) is 2.00. The van der Waals surface area contributed by atoms with Crippen molar-refractivity contribution in [3.63, 3.8) is 0 Å². The van der Waals surface area contributed by atoms with Crippen LogP contribution in [-0.2, 0) is 13.6 Å². The van der Waals surface area contributed by atoms with Gasteiger partial charge < -0.3 is 14.9 Å². The Morgan fingerprint density at radius 1 is 1.40 bits per heavy atom. The second-order valence-electron chi connectivity index (χ2n) is 2.84. The van der Waals surface area contributed by atoms with E-state index < -0.39 is 22.8 Å². The lowest BCUT2D eigenvalue weighted by Gasteiger charge is -2.20. The van der Waals surface area contributed by atoms with Crippen molar-refractivity contribution in [3.8, 4) is 0 Å². The Morgan fingerprint density at radius 3 is 2.40 bits per heavy atom. The number of unbranched alkanes of at least 4 members (excludes halogenated alkanes) is 2. The normalized spacial score (nSPS) is 16.5. The van der Waals surface area contributed by atoms with Gasteiger partial charge >= 0.3 is 22.8 Å². The fourth-order valence-electron chi connectivity index (χ4n) is 0.956. The molecule has 9 heteroatoms. The summed E-state index contributed by atoms with van der Waals surface area (Å²) in [5.74, 6) is -2.41. The van der Waals surface area contributed by atoms with Crippen LogP contribution in [0.15, 0.2) is 0 Å². The molecule has 0 rings (SSSR count). The number of rotatable bonds is 8. The van der Waals surface area contributed by atoms with Crippen LogP contribution in [0.1, 0.15) is 32.6 Å². The minimum atomic E-state index is -3.08. The Balaban J connectivity index is 4.20. The Morgan fingerprint density at radius 2 is 2.00 bits per heavy atom. The zero-order chi connectivity index (χ0) is 11.9. The molecular formula is C6H15O7P2+. The van der Waals surface area contributed by atoms with Gasteiger partial charge in [0.25, 0.3) is 0 Å². The molecule has 7 nitrogen and oxygen atoms in total. The van der Waals surface area contributed by atoms with Crippen LogP contribution in [0, 0.1) is 0 Å². The largest absolute Gasteiger partial charge is 0.700 e. The maximum Gasteiger partial charge on any atom is 0.700 e. The van der Waals surface area contributed by atoms with Crippen molar-refractivity contribution in [2.75, 3.05) is 0 Å². The third kappa shape index (κ3) is 8.13. The molecule has 90 valence electrons. The lowest BCUT2D eigenvalue weighted by Crippen LogP contribution is -2.31. The molecule has 0 amide bonds. The maximum absolute atomic E-state index is 10.4. The average molecular weight is 261 g/mol. The number of hydrogen-bond donors (Lipinski definition) is 4. The summed E-state index contributed by atoms with van der Waals surface area (Å²) < 4.78 is 18.8. The van der Waals surface area contributed by atoms with Gasteiger partial charge in [0.15, 0.2) is 0 Å². The predicted molar refractivity (Wildman–Crippen MR) is 52.4 cm³/mol. The SMILES string of the molecule is CCCCCC(O)(OP(O)O)O[P+](=O)O. The highest BCUT2D eigenvalue weighted by Crippen LogP contribution is 2.39.